The molecule has 2 aromatic rings. The minimum Gasteiger partial charge on any atom is -0.391 e. The van der Waals surface area contributed by atoms with Gasteiger partial charge in [-0.05, 0) is 12.5 Å². The van der Waals surface area contributed by atoms with Gasteiger partial charge in [-0.2, -0.15) is 0 Å². The zero-order valence-electron chi connectivity index (χ0n) is 11.7. The van der Waals surface area contributed by atoms with Gasteiger partial charge in [0.15, 0.2) is 4.34 Å². The van der Waals surface area contributed by atoms with E-state index in [1.165, 1.54) is 23.1 Å². The Hall–Kier alpha value is -1.44. The van der Waals surface area contributed by atoms with Crippen LogP contribution in [0.1, 0.15) is 10.6 Å². The van der Waals surface area contributed by atoms with Crippen molar-refractivity contribution in [1.82, 2.24) is 15.5 Å². The molecule has 2 N–H and O–H groups in total. The molecule has 1 heterocycles. The second-order valence-corrected chi connectivity index (χ2v) is 6.93. The van der Waals surface area contributed by atoms with Crippen LogP contribution in [-0.4, -0.2) is 39.6 Å². The molecule has 7 heteroatoms. The fourth-order valence-electron chi connectivity index (χ4n) is 1.71. The number of carbonyl (C=O) groups excluding carboxylic acids is 1. The minimum atomic E-state index is -0.579. The zero-order valence-corrected chi connectivity index (χ0v) is 13.3. The first kappa shape index (κ1) is 15.9. The zero-order chi connectivity index (χ0) is 15.1. The highest BCUT2D eigenvalue weighted by molar-refractivity contribution is 8.01. The molecule has 0 bridgehead atoms. The van der Waals surface area contributed by atoms with Crippen LogP contribution in [0.2, 0.25) is 0 Å². The maximum absolute atomic E-state index is 11.7. The van der Waals surface area contributed by atoms with E-state index in [0.717, 1.165) is 14.9 Å². The number of aliphatic hydroxyl groups is 1. The normalized spacial score (nSPS) is 12.1. The van der Waals surface area contributed by atoms with Crippen molar-refractivity contribution in [2.75, 3.05) is 12.3 Å². The standard InChI is InChI=1S/C14H17N3O2S2/c1-10-16-17-14(21-10)20-9-13(19)15-8-12(18)7-11-5-3-2-4-6-11/h2-6,12,18H,7-9H2,1H3,(H,15,19)/t12-/m1/s1. The highest BCUT2D eigenvalue weighted by Crippen LogP contribution is 2.21. The van der Waals surface area contributed by atoms with Crippen LogP contribution in [-0.2, 0) is 11.2 Å². The summed E-state index contributed by atoms with van der Waals surface area (Å²) in [5, 5.41) is 21.3. The second-order valence-electron chi connectivity index (χ2n) is 4.52. The Kier molecular flexibility index (Phi) is 6.16. The van der Waals surface area contributed by atoms with E-state index in [9.17, 15) is 9.90 Å². The molecule has 0 aliphatic carbocycles. The third kappa shape index (κ3) is 5.82. The summed E-state index contributed by atoms with van der Waals surface area (Å²) in [6, 6.07) is 9.71. The van der Waals surface area contributed by atoms with Gasteiger partial charge in [0.25, 0.3) is 0 Å². The average Bonchev–Trinajstić information content (AvgIpc) is 2.90. The van der Waals surface area contributed by atoms with E-state index < -0.39 is 6.10 Å². The van der Waals surface area contributed by atoms with Crippen LogP contribution in [0, 0.1) is 6.92 Å². The predicted molar refractivity (Wildman–Crippen MR) is 84.5 cm³/mol. The number of aliphatic hydroxyl groups excluding tert-OH is 1. The molecule has 2 rings (SSSR count). The molecule has 5 nitrogen and oxygen atoms in total. The predicted octanol–water partition coefficient (Wildman–Crippen LogP) is 1.66. The minimum absolute atomic E-state index is 0.111. The molecular weight excluding hydrogens is 306 g/mol. The van der Waals surface area contributed by atoms with Crippen molar-refractivity contribution in [2.45, 2.75) is 23.8 Å². The van der Waals surface area contributed by atoms with E-state index in [2.05, 4.69) is 15.5 Å². The summed E-state index contributed by atoms with van der Waals surface area (Å²) in [5.74, 6) is 0.173. The van der Waals surface area contributed by atoms with Crippen LogP contribution >= 0.6 is 23.1 Å². The Morgan fingerprint density at radius 3 is 2.81 bits per heavy atom. The van der Waals surface area contributed by atoms with Crippen molar-refractivity contribution < 1.29 is 9.90 Å². The molecule has 1 aromatic heterocycles. The number of hydrogen-bond donors (Lipinski definition) is 2. The number of thioether (sulfide) groups is 1. The molecule has 1 atom stereocenters. The van der Waals surface area contributed by atoms with E-state index in [0.29, 0.717) is 6.42 Å². The van der Waals surface area contributed by atoms with Crippen LogP contribution in [0.25, 0.3) is 0 Å². The Bertz CT molecular complexity index is 575. The molecule has 0 aliphatic heterocycles. The summed E-state index contributed by atoms with van der Waals surface area (Å²) in [4.78, 5) is 11.7. The molecular formula is C14H17N3O2S2. The molecule has 1 amide bonds. The maximum atomic E-state index is 11.7. The summed E-state index contributed by atoms with van der Waals surface area (Å²) < 4.78 is 0.785. The summed E-state index contributed by atoms with van der Waals surface area (Å²) in [6.07, 6.45) is -0.0470. The topological polar surface area (TPSA) is 75.1 Å². The van der Waals surface area contributed by atoms with Crippen molar-refractivity contribution in [1.29, 1.82) is 0 Å². The number of benzene rings is 1. The molecule has 1 aromatic carbocycles. The lowest BCUT2D eigenvalue weighted by molar-refractivity contribution is -0.119. The van der Waals surface area contributed by atoms with Gasteiger partial charge in [0.2, 0.25) is 5.91 Å². The van der Waals surface area contributed by atoms with Crippen molar-refractivity contribution in [2.24, 2.45) is 0 Å². The van der Waals surface area contributed by atoms with E-state index in [1.807, 2.05) is 37.3 Å². The first-order valence-electron chi connectivity index (χ1n) is 6.55. The summed E-state index contributed by atoms with van der Waals surface area (Å²) in [5.41, 5.74) is 1.05. The van der Waals surface area contributed by atoms with Gasteiger partial charge in [-0.25, -0.2) is 0 Å². The van der Waals surface area contributed by atoms with Crippen LogP contribution in [0.5, 0.6) is 0 Å². The molecule has 112 valence electrons. The Balaban J connectivity index is 1.66. The molecule has 0 fully saturated rings. The second kappa shape index (κ2) is 8.11. The molecule has 21 heavy (non-hydrogen) atoms. The highest BCUT2D eigenvalue weighted by atomic mass is 32.2. The lowest BCUT2D eigenvalue weighted by atomic mass is 10.1. The highest BCUT2D eigenvalue weighted by Gasteiger charge is 2.09. The fourth-order valence-corrected chi connectivity index (χ4v) is 3.35. The summed E-state index contributed by atoms with van der Waals surface area (Å²) in [6.45, 7) is 2.13. The average molecular weight is 323 g/mol. The van der Waals surface area contributed by atoms with Crippen molar-refractivity contribution in [3.63, 3.8) is 0 Å². The number of nitrogens with one attached hydrogen (secondary N) is 1. The first-order chi connectivity index (χ1) is 10.1. The van der Waals surface area contributed by atoms with Gasteiger partial charge < -0.3 is 10.4 Å². The third-order valence-corrected chi connectivity index (χ3v) is 4.66. The molecule has 0 radical (unpaired) electrons. The van der Waals surface area contributed by atoms with Crippen LogP contribution in [0.3, 0.4) is 0 Å². The number of hydrogen-bond acceptors (Lipinski definition) is 6. The maximum Gasteiger partial charge on any atom is 0.230 e. The van der Waals surface area contributed by atoms with Gasteiger partial charge >= 0.3 is 0 Å². The van der Waals surface area contributed by atoms with Gasteiger partial charge in [-0.15, -0.1) is 10.2 Å². The van der Waals surface area contributed by atoms with Gasteiger partial charge in [-0.3, -0.25) is 4.79 Å². The summed E-state index contributed by atoms with van der Waals surface area (Å²) >= 11 is 2.82. The molecule has 0 unspecified atom stereocenters. The first-order valence-corrected chi connectivity index (χ1v) is 8.35. The quantitative estimate of drug-likeness (QED) is 0.758. The van der Waals surface area contributed by atoms with Gasteiger partial charge in [0.05, 0.1) is 11.9 Å². The van der Waals surface area contributed by atoms with Crippen molar-refractivity contribution in [3.05, 3.63) is 40.9 Å². The molecule has 0 spiro atoms. The van der Waals surface area contributed by atoms with Crippen LogP contribution in [0.15, 0.2) is 34.7 Å². The Morgan fingerprint density at radius 1 is 1.38 bits per heavy atom. The van der Waals surface area contributed by atoms with Crippen LogP contribution in [0.4, 0.5) is 0 Å². The fraction of sp³-hybridized carbons (Fsp3) is 0.357. The van der Waals surface area contributed by atoms with Crippen LogP contribution < -0.4 is 5.32 Å². The number of carbonyl (C=O) groups is 1. The van der Waals surface area contributed by atoms with Gasteiger partial charge in [-0.1, -0.05) is 53.4 Å². The molecule has 0 aliphatic rings. The summed E-state index contributed by atoms with van der Waals surface area (Å²) in [7, 11) is 0. The van der Waals surface area contributed by atoms with E-state index in [1.54, 1.807) is 0 Å². The van der Waals surface area contributed by atoms with Crippen molar-refractivity contribution >= 4 is 29.0 Å². The Morgan fingerprint density at radius 2 is 2.14 bits per heavy atom. The Labute approximate surface area is 131 Å². The van der Waals surface area contributed by atoms with E-state index in [-0.39, 0.29) is 18.2 Å². The lowest BCUT2D eigenvalue weighted by Crippen LogP contribution is -2.34. The monoisotopic (exact) mass is 323 g/mol. The SMILES string of the molecule is Cc1nnc(SCC(=O)NC[C@H](O)Cc2ccccc2)s1. The number of amides is 1. The number of aryl methyl sites for hydroxylation is 1. The number of nitrogens with zero attached hydrogens (tertiary/aromatic N) is 2. The molecule has 0 saturated carbocycles. The van der Waals surface area contributed by atoms with E-state index in [4.69, 9.17) is 0 Å². The number of aromatic nitrogens is 2. The largest absolute Gasteiger partial charge is 0.391 e. The molecule has 0 saturated heterocycles. The number of rotatable bonds is 7. The van der Waals surface area contributed by atoms with Gasteiger partial charge in [0.1, 0.15) is 5.01 Å². The third-order valence-electron chi connectivity index (χ3n) is 2.68. The lowest BCUT2D eigenvalue weighted by Gasteiger charge is -2.11. The smallest absolute Gasteiger partial charge is 0.230 e. The van der Waals surface area contributed by atoms with E-state index >= 15 is 0 Å². The van der Waals surface area contributed by atoms with Gasteiger partial charge in [0, 0.05) is 13.0 Å². The van der Waals surface area contributed by atoms with Crippen molar-refractivity contribution in [3.8, 4) is 0 Å².